The number of alkyl halides is 5. The number of hydrogen-bond donors (Lipinski definition) is 0. The van der Waals surface area contributed by atoms with Crippen molar-refractivity contribution in [2.24, 2.45) is 0 Å². The molecule has 0 saturated carbocycles. The average molecular weight is 395 g/mol. The first-order valence-corrected chi connectivity index (χ1v) is 5.98. The molecule has 0 bridgehead atoms. The molecule has 0 amide bonds. The van der Waals surface area contributed by atoms with Crippen LogP contribution in [-0.4, -0.2) is 17.6 Å². The predicted octanol–water partition coefficient (Wildman–Crippen LogP) is 3.82. The molecule has 0 radical (unpaired) electrons. The standard InChI is InChI=1S/C10H7F5INO2/c1-2-19-9(18)7-5(10(13,14)15)6(16)4(3-17-7)8(11)12/h3,8H,2H2,1H3. The Kier molecular flexibility index (Phi) is 5.04. The van der Waals surface area contributed by atoms with Crippen LogP contribution >= 0.6 is 22.6 Å². The highest BCUT2D eigenvalue weighted by molar-refractivity contribution is 14.1. The van der Waals surface area contributed by atoms with Crippen molar-refractivity contribution in [3.63, 3.8) is 0 Å². The lowest BCUT2D eigenvalue weighted by Crippen LogP contribution is -2.20. The molecule has 1 rings (SSSR count). The topological polar surface area (TPSA) is 39.2 Å². The Morgan fingerprint density at radius 2 is 2.05 bits per heavy atom. The zero-order chi connectivity index (χ0) is 14.8. The summed E-state index contributed by atoms with van der Waals surface area (Å²) < 4.78 is 67.3. The molecule has 1 aromatic rings. The number of esters is 1. The van der Waals surface area contributed by atoms with Gasteiger partial charge in [-0.2, -0.15) is 13.2 Å². The van der Waals surface area contributed by atoms with Crippen LogP contribution in [0.1, 0.15) is 35.0 Å². The molecule has 0 fully saturated rings. The molecule has 0 aliphatic heterocycles. The Balaban J connectivity index is 3.49. The Morgan fingerprint density at radius 3 is 2.47 bits per heavy atom. The second-order valence-corrected chi connectivity index (χ2v) is 4.35. The van der Waals surface area contributed by atoms with E-state index in [0.717, 1.165) is 22.6 Å². The van der Waals surface area contributed by atoms with E-state index in [2.05, 4.69) is 9.72 Å². The summed E-state index contributed by atoms with van der Waals surface area (Å²) >= 11 is 1.12. The normalized spacial score (nSPS) is 11.8. The quantitative estimate of drug-likeness (QED) is 0.444. The fraction of sp³-hybridized carbons (Fsp3) is 0.400. The van der Waals surface area contributed by atoms with Crippen LogP contribution in [0.25, 0.3) is 0 Å². The zero-order valence-corrected chi connectivity index (χ0v) is 11.6. The van der Waals surface area contributed by atoms with Crippen LogP contribution in [0.2, 0.25) is 0 Å². The molecule has 1 heterocycles. The summed E-state index contributed by atoms with van der Waals surface area (Å²) in [5.41, 5.74) is -3.38. The van der Waals surface area contributed by atoms with Crippen molar-refractivity contribution in [1.29, 1.82) is 0 Å². The van der Waals surface area contributed by atoms with Gasteiger partial charge in [-0.1, -0.05) is 0 Å². The minimum Gasteiger partial charge on any atom is -0.461 e. The molecular formula is C10H7F5INO2. The summed E-state index contributed by atoms with van der Waals surface area (Å²) in [5, 5.41) is 0. The van der Waals surface area contributed by atoms with Gasteiger partial charge in [-0.15, -0.1) is 0 Å². The predicted molar refractivity (Wildman–Crippen MR) is 62.9 cm³/mol. The Labute approximate surface area is 118 Å². The van der Waals surface area contributed by atoms with Crippen LogP contribution in [0.15, 0.2) is 6.20 Å². The molecule has 0 atom stereocenters. The van der Waals surface area contributed by atoms with Gasteiger partial charge in [0, 0.05) is 9.77 Å². The highest BCUT2D eigenvalue weighted by Crippen LogP contribution is 2.38. The Morgan fingerprint density at radius 1 is 1.47 bits per heavy atom. The molecule has 0 spiro atoms. The van der Waals surface area contributed by atoms with Gasteiger partial charge in [0.05, 0.1) is 12.2 Å². The number of nitrogens with zero attached hydrogens (tertiary/aromatic N) is 1. The van der Waals surface area contributed by atoms with Crippen molar-refractivity contribution in [1.82, 2.24) is 4.98 Å². The van der Waals surface area contributed by atoms with E-state index in [1.807, 2.05) is 0 Å². The molecule has 0 aromatic carbocycles. The Bertz CT molecular complexity index is 490. The lowest BCUT2D eigenvalue weighted by atomic mass is 10.1. The summed E-state index contributed by atoms with van der Waals surface area (Å²) in [7, 11) is 0. The third-order valence-corrected chi connectivity index (χ3v) is 3.19. The second kappa shape index (κ2) is 5.97. The smallest absolute Gasteiger partial charge is 0.419 e. The molecule has 19 heavy (non-hydrogen) atoms. The molecule has 0 aliphatic carbocycles. The minimum absolute atomic E-state index is 0.148. The molecular weight excluding hydrogens is 388 g/mol. The van der Waals surface area contributed by atoms with Crippen LogP contribution in [0, 0.1) is 3.57 Å². The number of hydrogen-bond acceptors (Lipinski definition) is 3. The molecule has 3 nitrogen and oxygen atoms in total. The molecule has 0 N–H and O–H groups in total. The molecule has 1 aromatic heterocycles. The number of carbonyl (C=O) groups is 1. The number of rotatable bonds is 3. The van der Waals surface area contributed by atoms with Gasteiger partial charge in [-0.3, -0.25) is 0 Å². The van der Waals surface area contributed by atoms with E-state index < -0.39 is 39.0 Å². The summed E-state index contributed by atoms with van der Waals surface area (Å²) in [6.07, 6.45) is -7.54. The van der Waals surface area contributed by atoms with E-state index in [1.165, 1.54) is 6.92 Å². The maximum absolute atomic E-state index is 12.9. The van der Waals surface area contributed by atoms with Crippen molar-refractivity contribution < 1.29 is 31.5 Å². The highest BCUT2D eigenvalue weighted by atomic mass is 127. The summed E-state index contributed by atoms with van der Waals surface area (Å²) in [4.78, 5) is 14.5. The minimum atomic E-state index is -4.98. The molecule has 0 aliphatic rings. The maximum atomic E-state index is 12.9. The molecule has 0 unspecified atom stereocenters. The first-order chi connectivity index (χ1) is 8.70. The van der Waals surface area contributed by atoms with Gasteiger partial charge >= 0.3 is 12.1 Å². The average Bonchev–Trinajstić information content (AvgIpc) is 2.26. The van der Waals surface area contributed by atoms with Crippen LogP contribution in [-0.2, 0) is 10.9 Å². The van der Waals surface area contributed by atoms with Crippen molar-refractivity contribution in [2.45, 2.75) is 19.5 Å². The summed E-state index contributed by atoms with van der Waals surface area (Å²) in [6, 6.07) is 0. The van der Waals surface area contributed by atoms with Gasteiger partial charge < -0.3 is 4.74 Å². The number of pyridine rings is 1. The van der Waals surface area contributed by atoms with Gasteiger partial charge in [-0.25, -0.2) is 18.6 Å². The first-order valence-electron chi connectivity index (χ1n) is 4.91. The van der Waals surface area contributed by atoms with Crippen LogP contribution < -0.4 is 0 Å². The molecule has 0 saturated heterocycles. The lowest BCUT2D eigenvalue weighted by Gasteiger charge is -2.15. The maximum Gasteiger partial charge on any atom is 0.419 e. The number of halogens is 6. The number of aromatic nitrogens is 1. The monoisotopic (exact) mass is 395 g/mol. The van der Waals surface area contributed by atoms with Crippen molar-refractivity contribution in [3.8, 4) is 0 Å². The SMILES string of the molecule is CCOC(=O)c1ncc(C(F)F)c(I)c1C(F)(F)F. The van der Waals surface area contributed by atoms with E-state index in [4.69, 9.17) is 0 Å². The van der Waals surface area contributed by atoms with Crippen molar-refractivity contribution in [3.05, 3.63) is 26.6 Å². The van der Waals surface area contributed by atoms with Gasteiger partial charge in [0.15, 0.2) is 5.69 Å². The third-order valence-electron chi connectivity index (χ3n) is 2.03. The van der Waals surface area contributed by atoms with E-state index in [0.29, 0.717) is 6.20 Å². The van der Waals surface area contributed by atoms with E-state index in [-0.39, 0.29) is 6.61 Å². The van der Waals surface area contributed by atoms with Gasteiger partial charge in [0.25, 0.3) is 6.43 Å². The van der Waals surface area contributed by atoms with E-state index >= 15 is 0 Å². The van der Waals surface area contributed by atoms with E-state index in [9.17, 15) is 26.7 Å². The summed E-state index contributed by atoms with van der Waals surface area (Å²) in [6.45, 7) is 1.26. The van der Waals surface area contributed by atoms with Crippen LogP contribution in [0.5, 0.6) is 0 Å². The fourth-order valence-electron chi connectivity index (χ4n) is 1.27. The third kappa shape index (κ3) is 3.51. The van der Waals surface area contributed by atoms with Gasteiger partial charge in [0.2, 0.25) is 0 Å². The number of carbonyl (C=O) groups excluding carboxylic acids is 1. The van der Waals surface area contributed by atoms with Crippen molar-refractivity contribution in [2.75, 3.05) is 6.61 Å². The number of ether oxygens (including phenoxy) is 1. The van der Waals surface area contributed by atoms with Crippen LogP contribution in [0.4, 0.5) is 22.0 Å². The zero-order valence-electron chi connectivity index (χ0n) is 9.39. The molecule has 9 heteroatoms. The largest absolute Gasteiger partial charge is 0.461 e. The van der Waals surface area contributed by atoms with Gasteiger partial charge in [0.1, 0.15) is 5.56 Å². The van der Waals surface area contributed by atoms with Crippen LogP contribution in [0.3, 0.4) is 0 Å². The highest BCUT2D eigenvalue weighted by Gasteiger charge is 2.40. The lowest BCUT2D eigenvalue weighted by molar-refractivity contribution is -0.139. The first kappa shape index (κ1) is 16.1. The van der Waals surface area contributed by atoms with E-state index in [1.54, 1.807) is 0 Å². The van der Waals surface area contributed by atoms with Gasteiger partial charge in [-0.05, 0) is 29.5 Å². The second-order valence-electron chi connectivity index (χ2n) is 3.27. The molecule has 106 valence electrons. The fourth-order valence-corrected chi connectivity index (χ4v) is 2.20. The Hall–Kier alpha value is -1.00. The van der Waals surface area contributed by atoms with Crippen molar-refractivity contribution >= 4 is 28.6 Å². The summed E-state index contributed by atoms with van der Waals surface area (Å²) in [5.74, 6) is -1.30.